The Balaban J connectivity index is 0. The SMILES string of the molecule is Cc1ccc(OP(=O)([O-])[O-])c(C(C)(C)C)c1.[Na+].[Na+]. The van der Waals surface area contributed by atoms with Gasteiger partial charge in [0.2, 0.25) is 0 Å². The van der Waals surface area contributed by atoms with Crippen LogP contribution in [0.4, 0.5) is 0 Å². The first kappa shape index (κ1) is 21.5. The van der Waals surface area contributed by atoms with Gasteiger partial charge in [-0.3, -0.25) is 0 Å². The van der Waals surface area contributed by atoms with Gasteiger partial charge in [0.1, 0.15) is 13.6 Å². The van der Waals surface area contributed by atoms with Crippen molar-refractivity contribution in [2.24, 2.45) is 0 Å². The molecule has 0 saturated carbocycles. The van der Waals surface area contributed by atoms with Gasteiger partial charge >= 0.3 is 59.1 Å². The Morgan fingerprint density at radius 1 is 1.17 bits per heavy atom. The van der Waals surface area contributed by atoms with E-state index < -0.39 is 7.82 Å². The van der Waals surface area contributed by atoms with Crippen molar-refractivity contribution in [2.75, 3.05) is 0 Å². The second-order valence-electron chi connectivity index (χ2n) is 4.79. The molecule has 7 heteroatoms. The summed E-state index contributed by atoms with van der Waals surface area (Å²) >= 11 is 0. The Morgan fingerprint density at radius 3 is 2.06 bits per heavy atom. The van der Waals surface area contributed by atoms with Crippen LogP contribution in [0.1, 0.15) is 31.9 Å². The molecule has 0 saturated heterocycles. The topological polar surface area (TPSA) is 72.4 Å². The van der Waals surface area contributed by atoms with Gasteiger partial charge in [0.15, 0.2) is 0 Å². The molecular weight excluding hydrogens is 273 g/mol. The smallest absolute Gasteiger partial charge is 0.780 e. The normalized spacial score (nSPS) is 11.2. The van der Waals surface area contributed by atoms with E-state index in [-0.39, 0.29) is 70.3 Å². The van der Waals surface area contributed by atoms with Gasteiger partial charge in [-0.1, -0.05) is 38.5 Å². The molecule has 18 heavy (non-hydrogen) atoms. The minimum atomic E-state index is -5.00. The predicted octanol–water partition coefficient (Wildman–Crippen LogP) is -4.49. The van der Waals surface area contributed by atoms with E-state index in [4.69, 9.17) is 0 Å². The van der Waals surface area contributed by atoms with E-state index in [0.717, 1.165) is 5.56 Å². The van der Waals surface area contributed by atoms with Crippen molar-refractivity contribution in [2.45, 2.75) is 33.1 Å². The first-order valence-corrected chi connectivity index (χ1v) is 6.38. The molecule has 1 rings (SSSR count). The van der Waals surface area contributed by atoms with Gasteiger partial charge in [0, 0.05) is 5.56 Å². The molecule has 0 amide bonds. The molecule has 0 bridgehead atoms. The zero-order chi connectivity index (χ0) is 12.6. The summed E-state index contributed by atoms with van der Waals surface area (Å²) in [7, 11) is -5.00. The van der Waals surface area contributed by atoms with Gasteiger partial charge in [-0.15, -0.1) is 0 Å². The fraction of sp³-hybridized carbons (Fsp3) is 0.455. The van der Waals surface area contributed by atoms with E-state index in [0.29, 0.717) is 5.56 Å². The number of phosphoric acid groups is 1. The maximum absolute atomic E-state index is 10.6. The van der Waals surface area contributed by atoms with Gasteiger partial charge in [0.05, 0.1) is 0 Å². The van der Waals surface area contributed by atoms with E-state index in [1.165, 1.54) is 6.07 Å². The first-order valence-electron chi connectivity index (χ1n) is 4.92. The number of hydrogen-bond acceptors (Lipinski definition) is 4. The van der Waals surface area contributed by atoms with Gasteiger partial charge in [0.25, 0.3) is 0 Å². The fourth-order valence-electron chi connectivity index (χ4n) is 1.43. The second-order valence-corrected chi connectivity index (χ2v) is 5.87. The summed E-state index contributed by atoms with van der Waals surface area (Å²) < 4.78 is 15.1. The molecule has 1 aromatic rings. The van der Waals surface area contributed by atoms with E-state index in [2.05, 4.69) is 4.52 Å². The maximum atomic E-state index is 10.6. The Morgan fingerprint density at radius 2 is 1.67 bits per heavy atom. The molecule has 1 aromatic carbocycles. The van der Waals surface area contributed by atoms with E-state index in [9.17, 15) is 14.4 Å². The number of phosphoric ester groups is 1. The third kappa shape index (κ3) is 7.09. The standard InChI is InChI=1S/C11H17O4P.2Na/c1-8-5-6-10(15-16(12,13)14)9(7-8)11(2,3)4;;/h5-7H,1-4H3,(H2,12,13,14);;/q;2*+1/p-2. The summed E-state index contributed by atoms with van der Waals surface area (Å²) in [5.74, 6) is 0.117. The van der Waals surface area contributed by atoms with Crippen LogP contribution in [0.15, 0.2) is 18.2 Å². The van der Waals surface area contributed by atoms with Crippen molar-refractivity contribution >= 4 is 7.82 Å². The molecule has 90 valence electrons. The summed E-state index contributed by atoms with van der Waals surface area (Å²) in [6.45, 7) is 7.67. The quantitative estimate of drug-likeness (QED) is 0.406. The fourth-order valence-corrected chi connectivity index (χ4v) is 1.83. The Hall–Kier alpha value is 1.17. The van der Waals surface area contributed by atoms with Crippen LogP contribution in [-0.4, -0.2) is 0 Å². The van der Waals surface area contributed by atoms with Crippen LogP contribution in [0.2, 0.25) is 0 Å². The Labute approximate surface area is 152 Å². The first-order chi connectivity index (χ1) is 7.09. The average molecular weight is 288 g/mol. The third-order valence-corrected chi connectivity index (χ3v) is 2.57. The maximum Gasteiger partial charge on any atom is 1.00 e. The number of hydrogen-bond donors (Lipinski definition) is 0. The second kappa shape index (κ2) is 7.82. The van der Waals surface area contributed by atoms with E-state index in [1.54, 1.807) is 6.07 Å². The molecular formula is C11H15Na2O4P. The van der Waals surface area contributed by atoms with Gasteiger partial charge in [-0.25, -0.2) is 0 Å². The molecule has 0 N–H and O–H groups in total. The van der Waals surface area contributed by atoms with Crippen molar-refractivity contribution in [1.29, 1.82) is 0 Å². The van der Waals surface area contributed by atoms with E-state index in [1.807, 2.05) is 33.8 Å². The summed E-state index contributed by atoms with van der Waals surface area (Å²) in [4.78, 5) is 21.2. The molecule has 0 aliphatic carbocycles. The van der Waals surface area contributed by atoms with E-state index >= 15 is 0 Å². The summed E-state index contributed by atoms with van der Waals surface area (Å²) in [6.07, 6.45) is 0. The number of rotatable bonds is 2. The van der Waals surface area contributed by atoms with Gasteiger partial charge < -0.3 is 18.9 Å². The Bertz CT molecular complexity index is 437. The van der Waals surface area contributed by atoms with Crippen LogP contribution in [0, 0.1) is 6.92 Å². The van der Waals surface area contributed by atoms with Gasteiger partial charge in [-0.05, 0) is 18.4 Å². The van der Waals surface area contributed by atoms with Crippen LogP contribution in [0.3, 0.4) is 0 Å². The minimum Gasteiger partial charge on any atom is -0.780 e. The van der Waals surface area contributed by atoms with Crippen molar-refractivity contribution in [3.8, 4) is 5.75 Å². The molecule has 0 radical (unpaired) electrons. The molecule has 0 heterocycles. The molecule has 0 spiro atoms. The molecule has 0 unspecified atom stereocenters. The molecule has 0 aliphatic rings. The summed E-state index contributed by atoms with van der Waals surface area (Å²) in [5.41, 5.74) is 1.42. The zero-order valence-corrected chi connectivity index (χ0v) is 16.7. The van der Waals surface area contributed by atoms with Crippen LogP contribution < -0.4 is 73.4 Å². The molecule has 0 aromatic heterocycles. The number of aryl methyl sites for hydroxylation is 1. The number of benzene rings is 1. The zero-order valence-electron chi connectivity index (χ0n) is 11.8. The minimum absolute atomic E-state index is 0. The van der Waals surface area contributed by atoms with Crippen LogP contribution in [-0.2, 0) is 9.98 Å². The van der Waals surface area contributed by atoms with Crippen LogP contribution >= 0.6 is 7.82 Å². The molecule has 0 aliphatic heterocycles. The predicted molar refractivity (Wildman–Crippen MR) is 58.1 cm³/mol. The average Bonchev–Trinajstić information content (AvgIpc) is 2.04. The van der Waals surface area contributed by atoms with Crippen LogP contribution in [0.5, 0.6) is 5.75 Å². The summed E-state index contributed by atoms with van der Waals surface area (Å²) in [5, 5.41) is 0. The Kier molecular flexibility index (Phi) is 9.33. The van der Waals surface area contributed by atoms with Crippen molar-refractivity contribution in [1.82, 2.24) is 0 Å². The summed E-state index contributed by atoms with van der Waals surface area (Å²) in [6, 6.07) is 5.05. The molecule has 0 atom stereocenters. The van der Waals surface area contributed by atoms with Gasteiger partial charge in [-0.2, -0.15) is 0 Å². The molecule has 0 fully saturated rings. The van der Waals surface area contributed by atoms with Crippen molar-refractivity contribution < 1.29 is 78.0 Å². The molecule has 4 nitrogen and oxygen atoms in total. The van der Waals surface area contributed by atoms with Crippen molar-refractivity contribution in [3.05, 3.63) is 29.3 Å². The largest absolute Gasteiger partial charge is 1.00 e. The monoisotopic (exact) mass is 288 g/mol. The van der Waals surface area contributed by atoms with Crippen molar-refractivity contribution in [3.63, 3.8) is 0 Å². The van der Waals surface area contributed by atoms with Crippen LogP contribution in [0.25, 0.3) is 0 Å². The third-order valence-electron chi connectivity index (χ3n) is 2.15.